The molecule has 0 saturated carbocycles. The van der Waals surface area contributed by atoms with Gasteiger partial charge < -0.3 is 19.7 Å². The number of rotatable bonds is 7. The summed E-state index contributed by atoms with van der Waals surface area (Å²) in [6.07, 6.45) is 0. The molecule has 0 spiro atoms. The van der Waals surface area contributed by atoms with Crippen LogP contribution in [0.25, 0.3) is 0 Å². The molecule has 10 heteroatoms. The SMILES string of the molecule is COc1ccc(S(=O)(=O)N2CCN(C(=O)CNc3ccc(C#N)cc3)CC2)cc1OC. The molecule has 1 fully saturated rings. The van der Waals surface area contributed by atoms with E-state index in [1.165, 1.54) is 30.7 Å². The predicted molar refractivity (Wildman–Crippen MR) is 115 cm³/mol. The highest BCUT2D eigenvalue weighted by Gasteiger charge is 2.30. The summed E-state index contributed by atoms with van der Waals surface area (Å²) < 4.78 is 37.7. The lowest BCUT2D eigenvalue weighted by Gasteiger charge is -2.34. The third-order valence-electron chi connectivity index (χ3n) is 5.04. The van der Waals surface area contributed by atoms with E-state index < -0.39 is 10.0 Å². The molecule has 164 valence electrons. The number of carbonyl (C=O) groups is 1. The second-order valence-electron chi connectivity index (χ2n) is 6.84. The Morgan fingerprint density at radius 3 is 2.26 bits per heavy atom. The molecular weight excluding hydrogens is 420 g/mol. The van der Waals surface area contributed by atoms with Gasteiger partial charge in [0.15, 0.2) is 11.5 Å². The molecule has 1 aliphatic heterocycles. The van der Waals surface area contributed by atoms with Crippen LogP contribution in [0.2, 0.25) is 0 Å². The number of benzene rings is 2. The number of carbonyl (C=O) groups excluding carboxylic acids is 1. The number of sulfonamides is 1. The number of hydrogen-bond acceptors (Lipinski definition) is 7. The van der Waals surface area contributed by atoms with E-state index in [-0.39, 0.29) is 30.4 Å². The lowest BCUT2D eigenvalue weighted by molar-refractivity contribution is -0.130. The van der Waals surface area contributed by atoms with Crippen molar-refractivity contribution in [1.29, 1.82) is 5.26 Å². The monoisotopic (exact) mass is 444 g/mol. The van der Waals surface area contributed by atoms with Crippen molar-refractivity contribution in [3.8, 4) is 17.6 Å². The summed E-state index contributed by atoms with van der Waals surface area (Å²) in [6.45, 7) is 1.12. The summed E-state index contributed by atoms with van der Waals surface area (Å²) in [4.78, 5) is 14.2. The number of piperazine rings is 1. The maximum absolute atomic E-state index is 13.0. The molecule has 2 aromatic carbocycles. The average Bonchev–Trinajstić information content (AvgIpc) is 2.82. The van der Waals surface area contributed by atoms with Crippen molar-refractivity contribution in [2.45, 2.75) is 4.90 Å². The molecule has 0 bridgehead atoms. The van der Waals surface area contributed by atoms with Crippen molar-refractivity contribution < 1.29 is 22.7 Å². The summed E-state index contributed by atoms with van der Waals surface area (Å²) >= 11 is 0. The van der Waals surface area contributed by atoms with Gasteiger partial charge in [-0.1, -0.05) is 0 Å². The predicted octanol–water partition coefficient (Wildman–Crippen LogP) is 1.52. The molecule has 1 amide bonds. The average molecular weight is 445 g/mol. The van der Waals surface area contributed by atoms with Gasteiger partial charge in [-0.25, -0.2) is 8.42 Å². The minimum Gasteiger partial charge on any atom is -0.493 e. The van der Waals surface area contributed by atoms with Crippen LogP contribution in [0.1, 0.15) is 5.56 Å². The lowest BCUT2D eigenvalue weighted by Crippen LogP contribution is -2.51. The van der Waals surface area contributed by atoms with Gasteiger partial charge in [-0.05, 0) is 36.4 Å². The van der Waals surface area contributed by atoms with Crippen molar-refractivity contribution in [2.24, 2.45) is 0 Å². The molecule has 31 heavy (non-hydrogen) atoms. The fourth-order valence-corrected chi connectivity index (χ4v) is 4.69. The van der Waals surface area contributed by atoms with Gasteiger partial charge in [0.2, 0.25) is 15.9 Å². The fourth-order valence-electron chi connectivity index (χ4n) is 3.26. The Bertz CT molecular complexity index is 1070. The largest absolute Gasteiger partial charge is 0.493 e. The molecular formula is C21H24N4O5S. The third kappa shape index (κ3) is 5.07. The molecule has 1 heterocycles. The Balaban J connectivity index is 1.58. The zero-order chi connectivity index (χ0) is 22.4. The van der Waals surface area contributed by atoms with E-state index in [1.54, 1.807) is 35.2 Å². The summed E-state index contributed by atoms with van der Waals surface area (Å²) in [5.41, 5.74) is 1.28. The van der Waals surface area contributed by atoms with Crippen molar-refractivity contribution in [3.05, 3.63) is 48.0 Å². The van der Waals surface area contributed by atoms with Crippen LogP contribution in [0.5, 0.6) is 11.5 Å². The standard InChI is InChI=1S/C21H24N4O5S/c1-29-19-8-7-18(13-20(19)30-2)31(27,28)25-11-9-24(10-12-25)21(26)15-23-17-5-3-16(14-22)4-6-17/h3-8,13,23H,9-12,15H2,1-2H3. The van der Waals surface area contributed by atoms with Crippen LogP contribution in [-0.2, 0) is 14.8 Å². The Morgan fingerprint density at radius 1 is 1.03 bits per heavy atom. The first-order valence-electron chi connectivity index (χ1n) is 9.63. The minimum atomic E-state index is -3.71. The Morgan fingerprint density at radius 2 is 1.68 bits per heavy atom. The number of methoxy groups -OCH3 is 2. The van der Waals surface area contributed by atoms with Crippen LogP contribution in [0.4, 0.5) is 5.69 Å². The van der Waals surface area contributed by atoms with Gasteiger partial charge in [0.1, 0.15) is 0 Å². The zero-order valence-electron chi connectivity index (χ0n) is 17.4. The quantitative estimate of drug-likeness (QED) is 0.689. The van der Waals surface area contributed by atoms with Crippen LogP contribution in [0, 0.1) is 11.3 Å². The maximum atomic E-state index is 13.0. The van der Waals surface area contributed by atoms with E-state index in [2.05, 4.69) is 5.32 Å². The normalized spacial score (nSPS) is 14.5. The van der Waals surface area contributed by atoms with E-state index >= 15 is 0 Å². The van der Waals surface area contributed by atoms with Gasteiger partial charge in [0.25, 0.3) is 0 Å². The second kappa shape index (κ2) is 9.68. The molecule has 2 aromatic rings. The number of ether oxygens (including phenoxy) is 2. The molecule has 3 rings (SSSR count). The summed E-state index contributed by atoms with van der Waals surface area (Å²) in [7, 11) is -0.779. The summed E-state index contributed by atoms with van der Waals surface area (Å²) in [6, 6.07) is 13.3. The fraction of sp³-hybridized carbons (Fsp3) is 0.333. The van der Waals surface area contributed by atoms with Crippen LogP contribution < -0.4 is 14.8 Å². The second-order valence-corrected chi connectivity index (χ2v) is 8.78. The first kappa shape index (κ1) is 22.4. The first-order chi connectivity index (χ1) is 14.9. The number of nitriles is 1. The topological polar surface area (TPSA) is 112 Å². The van der Waals surface area contributed by atoms with Crippen LogP contribution in [0.3, 0.4) is 0 Å². The maximum Gasteiger partial charge on any atom is 0.243 e. The van der Waals surface area contributed by atoms with E-state index in [4.69, 9.17) is 14.7 Å². The van der Waals surface area contributed by atoms with Gasteiger partial charge >= 0.3 is 0 Å². The number of amides is 1. The Hall–Kier alpha value is -3.29. The first-order valence-corrected chi connectivity index (χ1v) is 11.1. The van der Waals surface area contributed by atoms with E-state index in [1.807, 2.05) is 6.07 Å². The highest BCUT2D eigenvalue weighted by molar-refractivity contribution is 7.89. The van der Waals surface area contributed by atoms with Gasteiger partial charge in [-0.3, -0.25) is 4.79 Å². The molecule has 0 unspecified atom stereocenters. The molecule has 1 N–H and O–H groups in total. The van der Waals surface area contributed by atoms with Gasteiger partial charge in [-0.15, -0.1) is 0 Å². The Kier molecular flexibility index (Phi) is 6.99. The third-order valence-corrected chi connectivity index (χ3v) is 6.94. The lowest BCUT2D eigenvalue weighted by atomic mass is 10.2. The molecule has 1 saturated heterocycles. The van der Waals surface area contributed by atoms with Crippen molar-refractivity contribution >= 4 is 21.6 Å². The van der Waals surface area contributed by atoms with E-state index in [0.29, 0.717) is 30.2 Å². The molecule has 9 nitrogen and oxygen atoms in total. The number of anilines is 1. The Labute approximate surface area is 181 Å². The zero-order valence-corrected chi connectivity index (χ0v) is 18.2. The molecule has 0 aromatic heterocycles. The minimum absolute atomic E-state index is 0.0916. The van der Waals surface area contributed by atoms with Crippen molar-refractivity contribution in [3.63, 3.8) is 0 Å². The molecule has 0 atom stereocenters. The van der Waals surface area contributed by atoms with Crippen LogP contribution in [0.15, 0.2) is 47.4 Å². The highest BCUT2D eigenvalue weighted by Crippen LogP contribution is 2.30. The van der Waals surface area contributed by atoms with Crippen molar-refractivity contribution in [2.75, 3.05) is 52.3 Å². The van der Waals surface area contributed by atoms with Crippen LogP contribution >= 0.6 is 0 Å². The van der Waals surface area contributed by atoms with E-state index in [9.17, 15) is 13.2 Å². The van der Waals surface area contributed by atoms with Crippen molar-refractivity contribution in [1.82, 2.24) is 9.21 Å². The molecule has 0 aliphatic carbocycles. The van der Waals surface area contributed by atoms with Gasteiger partial charge in [0, 0.05) is 37.9 Å². The smallest absolute Gasteiger partial charge is 0.243 e. The van der Waals surface area contributed by atoms with Crippen LogP contribution in [-0.4, -0.2) is 70.5 Å². The highest BCUT2D eigenvalue weighted by atomic mass is 32.2. The number of nitrogens with one attached hydrogen (secondary N) is 1. The van der Waals surface area contributed by atoms with Gasteiger partial charge in [0.05, 0.1) is 37.3 Å². The summed E-state index contributed by atoms with van der Waals surface area (Å²) in [5.74, 6) is 0.672. The summed E-state index contributed by atoms with van der Waals surface area (Å²) in [5, 5.41) is 11.9. The van der Waals surface area contributed by atoms with Gasteiger partial charge in [-0.2, -0.15) is 9.57 Å². The van der Waals surface area contributed by atoms with E-state index in [0.717, 1.165) is 5.69 Å². The number of hydrogen-bond donors (Lipinski definition) is 1. The molecule has 0 radical (unpaired) electrons. The molecule has 1 aliphatic rings. The number of nitrogens with zero attached hydrogens (tertiary/aromatic N) is 3.